The highest BCUT2D eigenvalue weighted by molar-refractivity contribution is 7.19. The van der Waals surface area contributed by atoms with Crippen LogP contribution in [0.3, 0.4) is 0 Å². The molecule has 1 aliphatic heterocycles. The molecule has 1 aliphatic rings. The monoisotopic (exact) mass is 393 g/mol. The molecule has 0 radical (unpaired) electrons. The molecule has 4 rings (SSSR count). The van der Waals surface area contributed by atoms with Crippen LogP contribution in [0.15, 0.2) is 42.5 Å². The third kappa shape index (κ3) is 4.31. The van der Waals surface area contributed by atoms with Gasteiger partial charge < -0.3 is 10.6 Å². The molecule has 144 valence electrons. The molecule has 3 N–H and O–H groups in total. The molecule has 0 atom stereocenters. The summed E-state index contributed by atoms with van der Waals surface area (Å²) in [5.74, 6) is 0.988. The number of urea groups is 1. The summed E-state index contributed by atoms with van der Waals surface area (Å²) in [5.41, 5.74) is 4.13. The Kier molecular flexibility index (Phi) is 5.53. The highest BCUT2D eigenvalue weighted by atomic mass is 32.1. The smallest absolute Gasteiger partial charge is 0.319 e. The summed E-state index contributed by atoms with van der Waals surface area (Å²) in [7, 11) is 0. The zero-order valence-electron chi connectivity index (χ0n) is 15.8. The Balaban J connectivity index is 1.31. The molecule has 0 unspecified atom stereocenters. The molecule has 1 aromatic carbocycles. The number of nitrogens with zero attached hydrogens (tertiary/aromatic N) is 2. The van der Waals surface area contributed by atoms with Crippen molar-refractivity contribution in [1.82, 2.24) is 15.3 Å². The standard InChI is InChI=1S/C21H23N5OS/c1-14-19(28-20(24-14)16-6-3-2-4-7-16)26-21(27)23-13-11-17-10-9-15-8-5-12-22-18(15)25-17/h2-4,6-7,9-10H,5,8,11-13H2,1H3,(H,22,25)(H2,23,26,27). The molecule has 2 amide bonds. The van der Waals surface area contributed by atoms with Crippen LogP contribution in [-0.2, 0) is 12.8 Å². The third-order valence-electron chi connectivity index (χ3n) is 4.66. The molecule has 3 aromatic rings. The minimum absolute atomic E-state index is 0.220. The molecule has 0 saturated carbocycles. The Morgan fingerprint density at radius 2 is 2.04 bits per heavy atom. The maximum absolute atomic E-state index is 12.3. The second kappa shape index (κ2) is 8.39. The zero-order valence-corrected chi connectivity index (χ0v) is 16.6. The number of anilines is 2. The number of hydrogen-bond donors (Lipinski definition) is 3. The number of rotatable bonds is 5. The topological polar surface area (TPSA) is 78.9 Å². The number of aryl methyl sites for hydroxylation is 2. The number of amides is 2. The van der Waals surface area contributed by atoms with Crippen molar-refractivity contribution >= 4 is 28.2 Å². The van der Waals surface area contributed by atoms with Crippen LogP contribution in [0.1, 0.15) is 23.4 Å². The molecule has 0 fully saturated rings. The summed E-state index contributed by atoms with van der Waals surface area (Å²) >= 11 is 1.48. The van der Waals surface area contributed by atoms with Gasteiger partial charge in [-0.05, 0) is 31.4 Å². The van der Waals surface area contributed by atoms with Gasteiger partial charge in [-0.1, -0.05) is 47.7 Å². The van der Waals surface area contributed by atoms with E-state index in [4.69, 9.17) is 0 Å². The van der Waals surface area contributed by atoms with E-state index in [9.17, 15) is 4.79 Å². The summed E-state index contributed by atoms with van der Waals surface area (Å²) < 4.78 is 0. The fourth-order valence-electron chi connectivity index (χ4n) is 3.18. The Bertz CT molecular complexity index is 970. The van der Waals surface area contributed by atoms with E-state index >= 15 is 0 Å². The number of fused-ring (bicyclic) bond motifs is 1. The van der Waals surface area contributed by atoms with E-state index in [1.807, 2.05) is 43.3 Å². The first kappa shape index (κ1) is 18.4. The van der Waals surface area contributed by atoms with Gasteiger partial charge in [0.1, 0.15) is 15.8 Å². The number of hydrogen-bond acceptors (Lipinski definition) is 5. The SMILES string of the molecule is Cc1nc(-c2ccccc2)sc1NC(=O)NCCc1ccc2c(n1)NCCC2. The van der Waals surface area contributed by atoms with Crippen LogP contribution in [-0.4, -0.2) is 29.1 Å². The van der Waals surface area contributed by atoms with Crippen molar-refractivity contribution in [3.63, 3.8) is 0 Å². The van der Waals surface area contributed by atoms with Crippen LogP contribution in [0.25, 0.3) is 10.6 Å². The lowest BCUT2D eigenvalue weighted by Crippen LogP contribution is -2.30. The van der Waals surface area contributed by atoms with Crippen molar-refractivity contribution in [3.8, 4) is 10.6 Å². The fourth-order valence-corrected chi connectivity index (χ4v) is 4.14. The lowest BCUT2D eigenvalue weighted by Gasteiger charge is -2.17. The van der Waals surface area contributed by atoms with Gasteiger partial charge in [0.05, 0.1) is 5.69 Å². The Hall–Kier alpha value is -2.93. The number of pyridine rings is 1. The molecule has 0 bridgehead atoms. The number of benzene rings is 1. The van der Waals surface area contributed by atoms with Gasteiger partial charge in [0, 0.05) is 30.8 Å². The van der Waals surface area contributed by atoms with Crippen molar-refractivity contribution < 1.29 is 4.79 Å². The van der Waals surface area contributed by atoms with E-state index in [2.05, 4.69) is 32.0 Å². The average Bonchev–Trinajstić information content (AvgIpc) is 3.09. The second-order valence-corrected chi connectivity index (χ2v) is 7.77. The van der Waals surface area contributed by atoms with Gasteiger partial charge in [-0.25, -0.2) is 14.8 Å². The first-order chi connectivity index (χ1) is 13.7. The van der Waals surface area contributed by atoms with Gasteiger partial charge in [-0.3, -0.25) is 5.32 Å². The number of carbonyl (C=O) groups excluding carboxylic acids is 1. The van der Waals surface area contributed by atoms with Gasteiger partial charge in [-0.15, -0.1) is 0 Å². The van der Waals surface area contributed by atoms with E-state index in [0.29, 0.717) is 13.0 Å². The summed E-state index contributed by atoms with van der Waals surface area (Å²) in [6, 6.07) is 13.9. The van der Waals surface area contributed by atoms with Gasteiger partial charge >= 0.3 is 6.03 Å². The van der Waals surface area contributed by atoms with Crippen molar-refractivity contribution in [2.75, 3.05) is 23.7 Å². The molecule has 0 saturated heterocycles. The van der Waals surface area contributed by atoms with Crippen molar-refractivity contribution in [2.45, 2.75) is 26.2 Å². The van der Waals surface area contributed by atoms with E-state index in [-0.39, 0.29) is 6.03 Å². The second-order valence-electron chi connectivity index (χ2n) is 6.77. The summed E-state index contributed by atoms with van der Waals surface area (Å²) in [5, 5.41) is 10.8. The van der Waals surface area contributed by atoms with E-state index in [1.54, 1.807) is 0 Å². The molecule has 0 spiro atoms. The number of carbonyl (C=O) groups is 1. The summed E-state index contributed by atoms with van der Waals surface area (Å²) in [6.07, 6.45) is 2.92. The van der Waals surface area contributed by atoms with Crippen LogP contribution in [0.2, 0.25) is 0 Å². The normalized spacial score (nSPS) is 12.8. The van der Waals surface area contributed by atoms with Crippen molar-refractivity contribution in [1.29, 1.82) is 0 Å². The van der Waals surface area contributed by atoms with Crippen LogP contribution in [0.5, 0.6) is 0 Å². The van der Waals surface area contributed by atoms with Crippen LogP contribution in [0.4, 0.5) is 15.6 Å². The molecule has 0 aliphatic carbocycles. The summed E-state index contributed by atoms with van der Waals surface area (Å²) in [6.45, 7) is 3.41. The van der Waals surface area contributed by atoms with Gasteiger partial charge in [-0.2, -0.15) is 0 Å². The van der Waals surface area contributed by atoms with Gasteiger partial charge in [0.25, 0.3) is 0 Å². The van der Waals surface area contributed by atoms with Crippen molar-refractivity contribution in [2.24, 2.45) is 0 Å². The molecule has 28 heavy (non-hydrogen) atoms. The average molecular weight is 394 g/mol. The predicted octanol–water partition coefficient (Wildman–Crippen LogP) is 4.24. The zero-order chi connectivity index (χ0) is 19.3. The molecule has 7 heteroatoms. The lowest BCUT2D eigenvalue weighted by atomic mass is 10.1. The quantitative estimate of drug-likeness (QED) is 0.606. The Morgan fingerprint density at radius 1 is 1.18 bits per heavy atom. The predicted molar refractivity (Wildman–Crippen MR) is 114 cm³/mol. The highest BCUT2D eigenvalue weighted by Gasteiger charge is 2.13. The maximum Gasteiger partial charge on any atom is 0.319 e. The maximum atomic E-state index is 12.3. The van der Waals surface area contributed by atoms with E-state index in [1.165, 1.54) is 16.9 Å². The Labute approximate surface area is 168 Å². The fraction of sp³-hybridized carbons (Fsp3) is 0.286. The molecular weight excluding hydrogens is 370 g/mol. The number of aromatic nitrogens is 2. The first-order valence-electron chi connectivity index (χ1n) is 9.49. The number of nitrogens with one attached hydrogen (secondary N) is 3. The van der Waals surface area contributed by atoms with Crippen LogP contribution < -0.4 is 16.0 Å². The summed E-state index contributed by atoms with van der Waals surface area (Å²) in [4.78, 5) is 21.5. The van der Waals surface area contributed by atoms with E-state index in [0.717, 1.165) is 52.2 Å². The van der Waals surface area contributed by atoms with Crippen LogP contribution in [0, 0.1) is 6.92 Å². The van der Waals surface area contributed by atoms with E-state index < -0.39 is 0 Å². The molecular formula is C21H23N5OS. The molecule has 2 aromatic heterocycles. The highest BCUT2D eigenvalue weighted by Crippen LogP contribution is 2.31. The van der Waals surface area contributed by atoms with Crippen molar-refractivity contribution in [3.05, 3.63) is 59.4 Å². The van der Waals surface area contributed by atoms with Crippen LogP contribution >= 0.6 is 11.3 Å². The minimum Gasteiger partial charge on any atom is -0.370 e. The third-order valence-corrected chi connectivity index (χ3v) is 5.78. The van der Waals surface area contributed by atoms with Gasteiger partial charge in [0.2, 0.25) is 0 Å². The molecule has 6 nitrogen and oxygen atoms in total. The number of thiazole rings is 1. The minimum atomic E-state index is -0.220. The largest absolute Gasteiger partial charge is 0.370 e. The Morgan fingerprint density at radius 3 is 2.89 bits per heavy atom. The van der Waals surface area contributed by atoms with Gasteiger partial charge in [0.15, 0.2) is 0 Å². The molecule has 3 heterocycles. The first-order valence-corrected chi connectivity index (χ1v) is 10.3. The lowest BCUT2D eigenvalue weighted by molar-refractivity contribution is 0.252.